The standard InChI is InChI=1S/C16H18FNOS/c1-11(18-2)16-14(19-3)5-4-6-15(16)20-13-9-7-12(17)8-10-13/h4-11,18H,1-3H3. The number of hydrogen-bond acceptors (Lipinski definition) is 3. The van der Waals surface area contributed by atoms with Gasteiger partial charge in [0.2, 0.25) is 0 Å². The molecule has 0 saturated heterocycles. The normalized spacial score (nSPS) is 12.2. The summed E-state index contributed by atoms with van der Waals surface area (Å²) in [4.78, 5) is 2.11. The molecule has 106 valence electrons. The highest BCUT2D eigenvalue weighted by molar-refractivity contribution is 7.99. The lowest BCUT2D eigenvalue weighted by molar-refractivity contribution is 0.401. The van der Waals surface area contributed by atoms with Crippen LogP contribution in [0.4, 0.5) is 4.39 Å². The van der Waals surface area contributed by atoms with E-state index in [-0.39, 0.29) is 11.9 Å². The van der Waals surface area contributed by atoms with Crippen LogP contribution >= 0.6 is 11.8 Å². The monoisotopic (exact) mass is 291 g/mol. The van der Waals surface area contributed by atoms with E-state index in [1.165, 1.54) is 12.1 Å². The van der Waals surface area contributed by atoms with E-state index in [2.05, 4.69) is 18.3 Å². The van der Waals surface area contributed by atoms with Crippen molar-refractivity contribution in [1.29, 1.82) is 0 Å². The fourth-order valence-electron chi connectivity index (χ4n) is 1.99. The van der Waals surface area contributed by atoms with Gasteiger partial charge in [-0.05, 0) is 50.4 Å². The zero-order valence-electron chi connectivity index (χ0n) is 11.8. The summed E-state index contributed by atoms with van der Waals surface area (Å²) in [5, 5.41) is 3.24. The van der Waals surface area contributed by atoms with Crippen molar-refractivity contribution >= 4 is 11.8 Å². The molecule has 0 aliphatic carbocycles. The second-order valence-electron chi connectivity index (χ2n) is 4.44. The molecule has 0 spiro atoms. The van der Waals surface area contributed by atoms with Crippen molar-refractivity contribution < 1.29 is 9.13 Å². The third-order valence-electron chi connectivity index (χ3n) is 3.15. The van der Waals surface area contributed by atoms with Gasteiger partial charge < -0.3 is 10.1 Å². The van der Waals surface area contributed by atoms with Crippen LogP contribution in [0.3, 0.4) is 0 Å². The van der Waals surface area contributed by atoms with Crippen molar-refractivity contribution in [3.63, 3.8) is 0 Å². The molecule has 2 aromatic carbocycles. The average molecular weight is 291 g/mol. The van der Waals surface area contributed by atoms with Gasteiger partial charge in [0.1, 0.15) is 11.6 Å². The quantitative estimate of drug-likeness (QED) is 0.889. The van der Waals surface area contributed by atoms with Crippen LogP contribution in [0.1, 0.15) is 18.5 Å². The van der Waals surface area contributed by atoms with Crippen molar-refractivity contribution in [3.8, 4) is 5.75 Å². The van der Waals surface area contributed by atoms with Crippen LogP contribution in [0.15, 0.2) is 52.3 Å². The van der Waals surface area contributed by atoms with E-state index in [1.54, 1.807) is 31.0 Å². The van der Waals surface area contributed by atoms with Gasteiger partial charge in [0, 0.05) is 21.4 Å². The molecule has 0 aromatic heterocycles. The molecule has 0 amide bonds. The number of benzene rings is 2. The topological polar surface area (TPSA) is 21.3 Å². The van der Waals surface area contributed by atoms with Crippen LogP contribution < -0.4 is 10.1 Å². The minimum Gasteiger partial charge on any atom is -0.496 e. The SMILES string of the molecule is CNC(C)c1c(OC)cccc1Sc1ccc(F)cc1. The van der Waals surface area contributed by atoms with Crippen molar-refractivity contribution in [1.82, 2.24) is 5.32 Å². The van der Waals surface area contributed by atoms with Crippen LogP contribution in [0.2, 0.25) is 0 Å². The van der Waals surface area contributed by atoms with Crippen LogP contribution in [0, 0.1) is 5.82 Å². The van der Waals surface area contributed by atoms with Gasteiger partial charge in [0.25, 0.3) is 0 Å². The number of methoxy groups -OCH3 is 1. The molecule has 2 rings (SSSR count). The summed E-state index contributed by atoms with van der Waals surface area (Å²) in [5.74, 6) is 0.641. The molecule has 0 aliphatic rings. The molecular weight excluding hydrogens is 273 g/mol. The Bertz CT molecular complexity index is 571. The van der Waals surface area contributed by atoms with Crippen molar-refractivity contribution in [2.45, 2.75) is 22.8 Å². The Balaban J connectivity index is 2.37. The van der Waals surface area contributed by atoms with E-state index in [1.807, 2.05) is 19.2 Å². The summed E-state index contributed by atoms with van der Waals surface area (Å²) in [5.41, 5.74) is 1.12. The number of nitrogens with one attached hydrogen (secondary N) is 1. The van der Waals surface area contributed by atoms with E-state index in [9.17, 15) is 4.39 Å². The molecule has 4 heteroatoms. The average Bonchev–Trinajstić information content (AvgIpc) is 2.48. The molecule has 0 aliphatic heterocycles. The molecule has 1 N–H and O–H groups in total. The van der Waals surface area contributed by atoms with Crippen LogP contribution in [-0.4, -0.2) is 14.2 Å². The van der Waals surface area contributed by atoms with Crippen molar-refractivity contribution in [2.75, 3.05) is 14.2 Å². The van der Waals surface area contributed by atoms with Crippen molar-refractivity contribution in [2.24, 2.45) is 0 Å². The largest absolute Gasteiger partial charge is 0.496 e. The molecule has 1 unspecified atom stereocenters. The number of rotatable bonds is 5. The summed E-state index contributed by atoms with van der Waals surface area (Å²) in [6.07, 6.45) is 0. The van der Waals surface area contributed by atoms with Crippen LogP contribution in [0.25, 0.3) is 0 Å². The van der Waals surface area contributed by atoms with Gasteiger partial charge in [0.15, 0.2) is 0 Å². The summed E-state index contributed by atoms with van der Waals surface area (Å²) < 4.78 is 18.4. The van der Waals surface area contributed by atoms with Gasteiger partial charge in [-0.25, -0.2) is 4.39 Å². The zero-order chi connectivity index (χ0) is 14.5. The minimum absolute atomic E-state index is 0.175. The Labute approximate surface area is 123 Å². The molecule has 2 nitrogen and oxygen atoms in total. The molecule has 0 heterocycles. The number of halogens is 1. The highest BCUT2D eigenvalue weighted by Crippen LogP contribution is 2.38. The summed E-state index contributed by atoms with van der Waals surface area (Å²) in [6.45, 7) is 2.09. The molecule has 2 aromatic rings. The Kier molecular flexibility index (Phi) is 5.04. The smallest absolute Gasteiger partial charge is 0.124 e. The highest BCUT2D eigenvalue weighted by Gasteiger charge is 2.15. The maximum Gasteiger partial charge on any atom is 0.124 e. The van der Waals surface area contributed by atoms with Crippen molar-refractivity contribution in [3.05, 3.63) is 53.8 Å². The van der Waals surface area contributed by atoms with Gasteiger partial charge in [-0.15, -0.1) is 0 Å². The zero-order valence-corrected chi connectivity index (χ0v) is 12.6. The van der Waals surface area contributed by atoms with E-state index in [4.69, 9.17) is 4.74 Å². The maximum atomic E-state index is 13.0. The fraction of sp³-hybridized carbons (Fsp3) is 0.250. The lowest BCUT2D eigenvalue weighted by Gasteiger charge is -2.19. The van der Waals surface area contributed by atoms with Gasteiger partial charge in [-0.1, -0.05) is 17.8 Å². The number of ether oxygens (including phenoxy) is 1. The summed E-state index contributed by atoms with van der Waals surface area (Å²) >= 11 is 1.61. The minimum atomic E-state index is -0.219. The predicted octanol–water partition coefficient (Wildman–Crippen LogP) is 4.27. The second kappa shape index (κ2) is 6.77. The lowest BCUT2D eigenvalue weighted by Crippen LogP contribution is -2.14. The Morgan fingerprint density at radius 1 is 1.15 bits per heavy atom. The van der Waals surface area contributed by atoms with Gasteiger partial charge in [-0.2, -0.15) is 0 Å². The maximum absolute atomic E-state index is 13.0. The van der Waals surface area contributed by atoms with Crippen LogP contribution in [0.5, 0.6) is 5.75 Å². The molecular formula is C16H18FNOS. The molecule has 0 saturated carbocycles. The number of hydrogen-bond donors (Lipinski definition) is 1. The first-order valence-electron chi connectivity index (χ1n) is 6.43. The molecule has 0 radical (unpaired) electrons. The summed E-state index contributed by atoms with van der Waals surface area (Å²) in [7, 11) is 3.59. The fourth-order valence-corrected chi connectivity index (χ4v) is 3.05. The first-order chi connectivity index (χ1) is 9.65. The predicted molar refractivity (Wildman–Crippen MR) is 81.0 cm³/mol. The Morgan fingerprint density at radius 2 is 1.85 bits per heavy atom. The third-order valence-corrected chi connectivity index (χ3v) is 4.24. The first kappa shape index (κ1) is 14.9. The molecule has 20 heavy (non-hydrogen) atoms. The second-order valence-corrected chi connectivity index (χ2v) is 5.55. The van der Waals surface area contributed by atoms with Gasteiger partial charge in [0.05, 0.1) is 7.11 Å². The molecule has 0 bridgehead atoms. The molecule has 1 atom stereocenters. The highest BCUT2D eigenvalue weighted by atomic mass is 32.2. The van der Waals surface area contributed by atoms with Gasteiger partial charge in [-0.3, -0.25) is 0 Å². The lowest BCUT2D eigenvalue weighted by atomic mass is 10.1. The Hall–Kier alpha value is -1.52. The van der Waals surface area contributed by atoms with Gasteiger partial charge >= 0.3 is 0 Å². The third kappa shape index (κ3) is 3.32. The first-order valence-corrected chi connectivity index (χ1v) is 7.25. The van der Waals surface area contributed by atoms with E-state index >= 15 is 0 Å². The summed E-state index contributed by atoms with van der Waals surface area (Å²) in [6, 6.07) is 12.7. The van der Waals surface area contributed by atoms with E-state index in [0.717, 1.165) is 21.1 Å². The Morgan fingerprint density at radius 3 is 2.45 bits per heavy atom. The van der Waals surface area contributed by atoms with Crippen LogP contribution in [-0.2, 0) is 0 Å². The van der Waals surface area contributed by atoms with E-state index in [0.29, 0.717) is 0 Å². The molecule has 0 fully saturated rings. The van der Waals surface area contributed by atoms with E-state index < -0.39 is 0 Å².